The molecule has 1 aromatic heterocycles. The average molecular weight is 372 g/mol. The van der Waals surface area contributed by atoms with Gasteiger partial charge in [-0.2, -0.15) is 10.2 Å². The summed E-state index contributed by atoms with van der Waals surface area (Å²) in [7, 11) is -3.79. The predicted molar refractivity (Wildman–Crippen MR) is 77.2 cm³/mol. The second-order valence-electron chi connectivity index (χ2n) is 3.99. The van der Waals surface area contributed by atoms with Crippen LogP contribution in [0.2, 0.25) is 0 Å². The molecular weight excluding hydrogens is 362 g/mol. The molecule has 0 fully saturated rings. The summed E-state index contributed by atoms with van der Waals surface area (Å²) in [6.45, 7) is -0.0106. The Morgan fingerprint density at radius 1 is 1.33 bits per heavy atom. The van der Waals surface area contributed by atoms with Crippen molar-refractivity contribution in [1.29, 1.82) is 0 Å². The topological polar surface area (TPSA) is 109 Å². The van der Waals surface area contributed by atoms with E-state index in [9.17, 15) is 13.2 Å². The lowest BCUT2D eigenvalue weighted by molar-refractivity contribution is 0.0696. The van der Waals surface area contributed by atoms with Gasteiger partial charge < -0.3 is 5.11 Å². The van der Waals surface area contributed by atoms with Crippen LogP contribution in [0.15, 0.2) is 45.9 Å². The molecule has 0 aliphatic heterocycles. The van der Waals surface area contributed by atoms with E-state index in [4.69, 9.17) is 5.11 Å². The van der Waals surface area contributed by atoms with Crippen molar-refractivity contribution in [3.05, 3.63) is 52.3 Å². The summed E-state index contributed by atoms with van der Waals surface area (Å²) in [5.41, 5.74) is 0.467. The number of carboxylic acids is 1. The number of rotatable bonds is 5. The molecule has 2 N–H and O–H groups in total. The minimum atomic E-state index is -3.79. The van der Waals surface area contributed by atoms with Crippen LogP contribution in [0.4, 0.5) is 0 Å². The van der Waals surface area contributed by atoms with Gasteiger partial charge in [-0.15, -0.1) is 0 Å². The monoisotopic (exact) mass is 371 g/mol. The van der Waals surface area contributed by atoms with Crippen molar-refractivity contribution in [2.24, 2.45) is 0 Å². The fourth-order valence-corrected chi connectivity index (χ4v) is 3.60. The number of sulfonamides is 1. The third kappa shape index (κ3) is 3.84. The van der Waals surface area contributed by atoms with Crippen LogP contribution in [-0.2, 0) is 16.6 Å². The smallest absolute Gasteiger partial charge is 0.335 e. The summed E-state index contributed by atoms with van der Waals surface area (Å²) in [6.07, 6.45) is 1.49. The zero-order valence-corrected chi connectivity index (χ0v) is 12.9. The molecule has 2 aromatic rings. The number of nitrogens with zero attached hydrogens (tertiary/aromatic N) is 2. The van der Waals surface area contributed by atoms with E-state index >= 15 is 0 Å². The van der Waals surface area contributed by atoms with E-state index < -0.39 is 16.0 Å². The highest BCUT2D eigenvalue weighted by atomic mass is 79.9. The van der Waals surface area contributed by atoms with E-state index in [1.54, 1.807) is 12.1 Å². The van der Waals surface area contributed by atoms with Gasteiger partial charge in [0.25, 0.3) is 0 Å². The van der Waals surface area contributed by atoms with Crippen molar-refractivity contribution in [2.45, 2.75) is 11.4 Å². The Balaban J connectivity index is 2.22. The van der Waals surface area contributed by atoms with Gasteiger partial charge >= 0.3 is 5.97 Å². The Morgan fingerprint density at radius 3 is 2.67 bits per heavy atom. The Labute approximate surface area is 129 Å². The molecule has 0 bridgehead atoms. The molecule has 110 valence electrons. The fourth-order valence-electron chi connectivity index (χ4n) is 1.53. The summed E-state index contributed by atoms with van der Waals surface area (Å²) in [6, 6.07) is 6.97. The van der Waals surface area contributed by atoms with Crippen LogP contribution in [0.25, 0.3) is 0 Å². The molecule has 0 saturated heterocycles. The number of carboxylic acid groups (broad SMARTS) is 1. The van der Waals surface area contributed by atoms with E-state index in [1.807, 2.05) is 0 Å². The summed E-state index contributed by atoms with van der Waals surface area (Å²) in [5.74, 6) is -1.13. The Hall–Kier alpha value is -1.84. The SMILES string of the molecule is O=C(O)c1ccc(S(=O)(=O)NCc2cccnn2)c(Br)c1. The van der Waals surface area contributed by atoms with Crippen LogP contribution in [0, 0.1) is 0 Å². The van der Waals surface area contributed by atoms with E-state index in [-0.39, 0.29) is 21.5 Å². The average Bonchev–Trinajstić information content (AvgIpc) is 2.46. The molecule has 21 heavy (non-hydrogen) atoms. The van der Waals surface area contributed by atoms with Crippen molar-refractivity contribution in [3.8, 4) is 0 Å². The number of hydrogen-bond donors (Lipinski definition) is 2. The van der Waals surface area contributed by atoms with Crippen molar-refractivity contribution < 1.29 is 18.3 Å². The summed E-state index contributed by atoms with van der Waals surface area (Å²) >= 11 is 3.07. The number of nitrogens with one attached hydrogen (secondary N) is 1. The van der Waals surface area contributed by atoms with Crippen molar-refractivity contribution in [3.63, 3.8) is 0 Å². The number of hydrogen-bond acceptors (Lipinski definition) is 5. The molecule has 9 heteroatoms. The highest BCUT2D eigenvalue weighted by Gasteiger charge is 2.19. The third-order valence-corrected chi connectivity index (χ3v) is 4.92. The van der Waals surface area contributed by atoms with Crippen LogP contribution >= 0.6 is 15.9 Å². The summed E-state index contributed by atoms with van der Waals surface area (Å²) < 4.78 is 26.9. The minimum Gasteiger partial charge on any atom is -0.478 e. The van der Waals surface area contributed by atoms with Crippen LogP contribution in [0.5, 0.6) is 0 Å². The number of aromatic nitrogens is 2. The van der Waals surface area contributed by atoms with Crippen molar-refractivity contribution in [2.75, 3.05) is 0 Å². The van der Waals surface area contributed by atoms with E-state index in [1.165, 1.54) is 24.4 Å². The molecule has 0 spiro atoms. The first-order valence-electron chi connectivity index (χ1n) is 5.69. The molecule has 0 unspecified atom stereocenters. The van der Waals surface area contributed by atoms with Gasteiger partial charge in [-0.1, -0.05) is 0 Å². The largest absolute Gasteiger partial charge is 0.478 e. The van der Waals surface area contributed by atoms with Gasteiger partial charge in [0.2, 0.25) is 10.0 Å². The highest BCUT2D eigenvalue weighted by molar-refractivity contribution is 9.10. The predicted octanol–water partition coefficient (Wildman–Crippen LogP) is 1.42. The van der Waals surface area contributed by atoms with Crippen LogP contribution in [-0.4, -0.2) is 29.7 Å². The normalized spacial score (nSPS) is 11.3. The molecule has 2 rings (SSSR count). The van der Waals surface area contributed by atoms with Gasteiger partial charge in [-0.3, -0.25) is 0 Å². The van der Waals surface area contributed by atoms with Gasteiger partial charge in [0, 0.05) is 10.7 Å². The lowest BCUT2D eigenvalue weighted by Crippen LogP contribution is -2.24. The van der Waals surface area contributed by atoms with Crippen LogP contribution < -0.4 is 4.72 Å². The first-order valence-corrected chi connectivity index (χ1v) is 7.97. The summed E-state index contributed by atoms with van der Waals surface area (Å²) in [5, 5.41) is 16.3. The highest BCUT2D eigenvalue weighted by Crippen LogP contribution is 2.23. The molecular formula is C12H10BrN3O4S. The molecule has 0 aliphatic rings. The number of halogens is 1. The quantitative estimate of drug-likeness (QED) is 0.822. The van der Waals surface area contributed by atoms with Gasteiger partial charge in [0.05, 0.1) is 22.7 Å². The van der Waals surface area contributed by atoms with Gasteiger partial charge in [0.1, 0.15) is 0 Å². The first kappa shape index (κ1) is 15.5. The van der Waals surface area contributed by atoms with Crippen LogP contribution in [0.3, 0.4) is 0 Å². The lowest BCUT2D eigenvalue weighted by Gasteiger charge is -2.08. The molecule has 0 atom stereocenters. The van der Waals surface area contributed by atoms with E-state index in [0.717, 1.165) is 0 Å². The van der Waals surface area contributed by atoms with Crippen molar-refractivity contribution in [1.82, 2.24) is 14.9 Å². The Kier molecular flexibility index (Phi) is 4.66. The number of aromatic carboxylic acids is 1. The zero-order valence-electron chi connectivity index (χ0n) is 10.5. The second kappa shape index (κ2) is 6.29. The van der Waals surface area contributed by atoms with Gasteiger partial charge in [0.15, 0.2) is 0 Å². The van der Waals surface area contributed by atoms with E-state index in [2.05, 4.69) is 30.8 Å². The Morgan fingerprint density at radius 2 is 2.10 bits per heavy atom. The Bertz CT molecular complexity index is 765. The zero-order chi connectivity index (χ0) is 15.5. The standard InChI is InChI=1S/C12H10BrN3O4S/c13-10-6-8(12(17)18)3-4-11(10)21(19,20)15-7-9-2-1-5-14-16-9/h1-6,15H,7H2,(H,17,18). The first-order chi connectivity index (χ1) is 9.90. The molecule has 0 saturated carbocycles. The minimum absolute atomic E-state index is 0.00486. The lowest BCUT2D eigenvalue weighted by atomic mass is 10.2. The maximum atomic E-state index is 12.2. The molecule has 0 radical (unpaired) electrons. The van der Waals surface area contributed by atoms with Gasteiger partial charge in [-0.25, -0.2) is 17.9 Å². The van der Waals surface area contributed by atoms with Crippen LogP contribution in [0.1, 0.15) is 16.1 Å². The molecule has 0 aliphatic carbocycles. The fraction of sp³-hybridized carbons (Fsp3) is 0.0833. The molecule has 1 heterocycles. The number of carbonyl (C=O) groups is 1. The molecule has 1 aromatic carbocycles. The maximum Gasteiger partial charge on any atom is 0.335 e. The second-order valence-corrected chi connectivity index (χ2v) is 6.58. The molecule has 0 amide bonds. The van der Waals surface area contributed by atoms with Gasteiger partial charge in [-0.05, 0) is 46.3 Å². The maximum absolute atomic E-state index is 12.2. The molecule has 7 nitrogen and oxygen atoms in total. The van der Waals surface area contributed by atoms with Crippen molar-refractivity contribution >= 4 is 31.9 Å². The number of benzene rings is 1. The van der Waals surface area contributed by atoms with E-state index in [0.29, 0.717) is 5.69 Å². The summed E-state index contributed by atoms with van der Waals surface area (Å²) in [4.78, 5) is 10.8. The third-order valence-electron chi connectivity index (χ3n) is 2.54.